The second kappa shape index (κ2) is 4.81. The summed E-state index contributed by atoms with van der Waals surface area (Å²) in [5, 5.41) is 0.457. The molecule has 0 saturated heterocycles. The Balaban J connectivity index is 2.54. The summed E-state index contributed by atoms with van der Waals surface area (Å²) in [6.45, 7) is 2.14. The van der Waals surface area contributed by atoms with Crippen molar-refractivity contribution in [1.82, 2.24) is 0 Å². The van der Waals surface area contributed by atoms with E-state index in [2.05, 4.69) is 18.9 Å². The summed E-state index contributed by atoms with van der Waals surface area (Å²) < 4.78 is 0.846. The third-order valence-electron chi connectivity index (χ3n) is 1.41. The van der Waals surface area contributed by atoms with Crippen LogP contribution in [-0.4, -0.2) is 5.75 Å². The summed E-state index contributed by atoms with van der Waals surface area (Å²) in [6.07, 6.45) is 5.17. The molecule has 0 nitrogen and oxygen atoms in total. The van der Waals surface area contributed by atoms with Crippen LogP contribution in [0.25, 0.3) is 0 Å². The van der Waals surface area contributed by atoms with E-state index < -0.39 is 0 Å². The van der Waals surface area contributed by atoms with Crippen molar-refractivity contribution >= 4 is 34.7 Å². The number of hydrogen-bond acceptors (Lipinski definition) is 2. The normalized spacial score (nSPS) is 12.4. The lowest BCUT2D eigenvalue weighted by molar-refractivity contribution is 1.14. The Kier molecular flexibility index (Phi) is 4.00. The maximum absolute atomic E-state index is 5.81. The van der Waals surface area contributed by atoms with Gasteiger partial charge in [-0.3, -0.25) is 0 Å². The summed E-state index contributed by atoms with van der Waals surface area (Å²) in [4.78, 5) is 1.29. The molecule has 0 saturated carbocycles. The highest BCUT2D eigenvalue weighted by Crippen LogP contribution is 2.34. The molecule has 0 aliphatic rings. The van der Waals surface area contributed by atoms with Gasteiger partial charge < -0.3 is 0 Å². The van der Waals surface area contributed by atoms with E-state index >= 15 is 0 Å². The molecule has 0 aromatic carbocycles. The predicted octanol–water partition coefficient (Wildman–Crippen LogP) is 3.83. The first-order valence-corrected chi connectivity index (χ1v) is 5.78. The molecule has 1 unspecified atom stereocenters. The quantitative estimate of drug-likeness (QED) is 0.693. The van der Waals surface area contributed by atoms with Crippen LogP contribution in [0.3, 0.4) is 0 Å². The largest absolute Gasteiger partial charge is 0.140 e. The summed E-state index contributed by atoms with van der Waals surface area (Å²) in [7, 11) is 0. The molecule has 1 aromatic heterocycles. The van der Waals surface area contributed by atoms with Crippen LogP contribution in [0.2, 0.25) is 4.34 Å². The number of thiophene rings is 1. The zero-order chi connectivity index (χ0) is 8.97. The van der Waals surface area contributed by atoms with Crippen molar-refractivity contribution in [3.63, 3.8) is 0 Å². The molecule has 0 N–H and O–H groups in total. The van der Waals surface area contributed by atoms with Gasteiger partial charge in [0.25, 0.3) is 0 Å². The van der Waals surface area contributed by atoms with Gasteiger partial charge in [0, 0.05) is 10.1 Å². The Labute approximate surface area is 86.3 Å². The Hall–Kier alpha value is -0.100. The summed E-state index contributed by atoms with van der Waals surface area (Å²) >= 11 is 9.19. The van der Waals surface area contributed by atoms with Crippen LogP contribution in [-0.2, 0) is 0 Å². The Bertz CT molecular complexity index is 285. The molecule has 3 heteroatoms. The highest BCUT2D eigenvalue weighted by molar-refractivity contribution is 7.99. The molecular formula is C9H9ClS2. The molecule has 1 aromatic rings. The summed E-state index contributed by atoms with van der Waals surface area (Å²) in [5.41, 5.74) is 0. The Morgan fingerprint density at radius 1 is 1.75 bits per heavy atom. The Morgan fingerprint density at radius 3 is 3.00 bits per heavy atom. The number of hydrogen-bond donors (Lipinski definition) is 0. The van der Waals surface area contributed by atoms with Gasteiger partial charge in [-0.15, -0.1) is 29.5 Å². The number of thioether (sulfide) groups is 1. The molecule has 1 rings (SSSR count). The standard InChI is InChI=1S/C9H9ClS2/c1-3-6-11-7(2)8-4-5-9(10)12-8/h1,4-5,7H,6H2,2H3. The molecule has 1 atom stereocenters. The van der Waals surface area contributed by atoms with Crippen LogP contribution in [0.5, 0.6) is 0 Å². The first-order valence-electron chi connectivity index (χ1n) is 3.54. The van der Waals surface area contributed by atoms with Crippen molar-refractivity contribution in [2.45, 2.75) is 12.2 Å². The van der Waals surface area contributed by atoms with Gasteiger partial charge >= 0.3 is 0 Å². The number of halogens is 1. The molecule has 0 aliphatic heterocycles. The van der Waals surface area contributed by atoms with E-state index in [4.69, 9.17) is 18.0 Å². The van der Waals surface area contributed by atoms with Gasteiger partial charge in [0.05, 0.1) is 10.1 Å². The molecule has 1 heterocycles. The van der Waals surface area contributed by atoms with Gasteiger partial charge in [0.2, 0.25) is 0 Å². The number of rotatable bonds is 3. The lowest BCUT2D eigenvalue weighted by Gasteiger charge is -2.04. The van der Waals surface area contributed by atoms with Crippen molar-refractivity contribution in [3.8, 4) is 12.3 Å². The van der Waals surface area contributed by atoms with E-state index in [9.17, 15) is 0 Å². The van der Waals surface area contributed by atoms with Crippen LogP contribution in [0.1, 0.15) is 17.1 Å². The summed E-state index contributed by atoms with van der Waals surface area (Å²) in [6, 6.07) is 3.98. The van der Waals surface area contributed by atoms with Crippen molar-refractivity contribution in [3.05, 3.63) is 21.3 Å². The highest BCUT2D eigenvalue weighted by Gasteiger charge is 2.07. The maximum Gasteiger partial charge on any atom is 0.0931 e. The average Bonchev–Trinajstić information content (AvgIpc) is 2.47. The maximum atomic E-state index is 5.81. The van der Waals surface area contributed by atoms with Gasteiger partial charge in [-0.1, -0.05) is 17.5 Å². The highest BCUT2D eigenvalue weighted by atomic mass is 35.5. The molecule has 0 radical (unpaired) electrons. The fourth-order valence-corrected chi connectivity index (χ4v) is 2.73. The molecule has 12 heavy (non-hydrogen) atoms. The van der Waals surface area contributed by atoms with Crippen molar-refractivity contribution in [2.24, 2.45) is 0 Å². The molecule has 0 amide bonds. The van der Waals surface area contributed by atoms with Gasteiger partial charge in [0.1, 0.15) is 0 Å². The third kappa shape index (κ3) is 2.75. The van der Waals surface area contributed by atoms with Gasteiger partial charge in [-0.2, -0.15) is 0 Å². The summed E-state index contributed by atoms with van der Waals surface area (Å²) in [5.74, 6) is 3.37. The van der Waals surface area contributed by atoms with Gasteiger partial charge in [0.15, 0.2) is 0 Å². The molecule has 0 fully saturated rings. The molecule has 0 bridgehead atoms. The fraction of sp³-hybridized carbons (Fsp3) is 0.333. The first kappa shape index (κ1) is 9.98. The second-order valence-electron chi connectivity index (χ2n) is 2.30. The minimum atomic E-state index is 0.457. The molecule has 64 valence electrons. The van der Waals surface area contributed by atoms with E-state index in [0.717, 1.165) is 10.1 Å². The lowest BCUT2D eigenvalue weighted by atomic mass is 10.4. The molecular weight excluding hydrogens is 208 g/mol. The lowest BCUT2D eigenvalue weighted by Crippen LogP contribution is -1.83. The average molecular weight is 217 g/mol. The Morgan fingerprint density at radius 2 is 2.50 bits per heavy atom. The van der Waals surface area contributed by atoms with Gasteiger partial charge in [-0.05, 0) is 19.1 Å². The minimum Gasteiger partial charge on any atom is -0.140 e. The van der Waals surface area contributed by atoms with E-state index in [1.54, 1.807) is 23.1 Å². The smallest absolute Gasteiger partial charge is 0.0931 e. The van der Waals surface area contributed by atoms with E-state index in [1.807, 2.05) is 6.07 Å². The van der Waals surface area contributed by atoms with Crippen LogP contribution in [0.4, 0.5) is 0 Å². The van der Waals surface area contributed by atoms with Crippen LogP contribution >= 0.6 is 34.7 Å². The van der Waals surface area contributed by atoms with E-state index in [-0.39, 0.29) is 0 Å². The molecule has 0 spiro atoms. The first-order chi connectivity index (χ1) is 5.74. The van der Waals surface area contributed by atoms with Gasteiger partial charge in [-0.25, -0.2) is 0 Å². The monoisotopic (exact) mass is 216 g/mol. The minimum absolute atomic E-state index is 0.457. The van der Waals surface area contributed by atoms with Crippen LogP contribution < -0.4 is 0 Å². The second-order valence-corrected chi connectivity index (χ2v) is 5.38. The van der Waals surface area contributed by atoms with Crippen LogP contribution in [0.15, 0.2) is 12.1 Å². The zero-order valence-corrected chi connectivity index (χ0v) is 9.10. The number of terminal acetylenes is 1. The topological polar surface area (TPSA) is 0 Å². The fourth-order valence-electron chi connectivity index (χ4n) is 0.802. The zero-order valence-electron chi connectivity index (χ0n) is 6.71. The van der Waals surface area contributed by atoms with E-state index in [1.165, 1.54) is 4.88 Å². The van der Waals surface area contributed by atoms with Crippen molar-refractivity contribution in [1.29, 1.82) is 0 Å². The SMILES string of the molecule is C#CCSC(C)c1ccc(Cl)s1. The third-order valence-corrected chi connectivity index (χ3v) is 4.06. The predicted molar refractivity (Wildman–Crippen MR) is 59.0 cm³/mol. The van der Waals surface area contributed by atoms with Crippen molar-refractivity contribution in [2.75, 3.05) is 5.75 Å². The van der Waals surface area contributed by atoms with Crippen molar-refractivity contribution < 1.29 is 0 Å². The van der Waals surface area contributed by atoms with E-state index in [0.29, 0.717) is 5.25 Å². The van der Waals surface area contributed by atoms with Crippen LogP contribution in [0, 0.1) is 12.3 Å². The molecule has 0 aliphatic carbocycles.